The molecule has 1 fully saturated rings. The van der Waals surface area contributed by atoms with Crippen LogP contribution in [0.15, 0.2) is 24.3 Å². The molecule has 1 aliphatic rings. The van der Waals surface area contributed by atoms with E-state index in [1.165, 1.54) is 6.42 Å². The topological polar surface area (TPSA) is 55.6 Å². The summed E-state index contributed by atoms with van der Waals surface area (Å²) in [5, 5.41) is 0. The molecule has 4 nitrogen and oxygen atoms in total. The van der Waals surface area contributed by atoms with Crippen molar-refractivity contribution in [3.8, 4) is 5.75 Å². The molecule has 0 aliphatic heterocycles. The molecule has 0 bridgehead atoms. The first-order chi connectivity index (χ1) is 8.70. The molecule has 0 spiro atoms. The molecule has 0 aromatic heterocycles. The molecule has 2 N–H and O–H groups in total. The van der Waals surface area contributed by atoms with Crippen molar-refractivity contribution in [3.05, 3.63) is 29.8 Å². The van der Waals surface area contributed by atoms with Crippen molar-refractivity contribution in [1.29, 1.82) is 0 Å². The Labute approximate surface area is 108 Å². The highest BCUT2D eigenvalue weighted by molar-refractivity contribution is 5.77. The minimum absolute atomic E-state index is 0.0441. The van der Waals surface area contributed by atoms with Crippen molar-refractivity contribution < 1.29 is 9.53 Å². The Morgan fingerprint density at radius 1 is 1.39 bits per heavy atom. The largest absolute Gasteiger partial charge is 0.484 e. The van der Waals surface area contributed by atoms with Gasteiger partial charge in [0, 0.05) is 19.6 Å². The highest BCUT2D eigenvalue weighted by Crippen LogP contribution is 2.23. The maximum atomic E-state index is 11.9. The maximum absolute atomic E-state index is 11.9. The van der Waals surface area contributed by atoms with Crippen LogP contribution in [0.5, 0.6) is 5.75 Å². The summed E-state index contributed by atoms with van der Waals surface area (Å²) in [7, 11) is 1.85. The van der Waals surface area contributed by atoms with E-state index in [1.807, 2.05) is 31.3 Å². The summed E-state index contributed by atoms with van der Waals surface area (Å²) in [6, 6.07) is 7.93. The minimum atomic E-state index is 0.0441. The Bertz CT molecular complexity index is 399. The molecule has 1 aromatic carbocycles. The van der Waals surface area contributed by atoms with Gasteiger partial charge in [0.05, 0.1) is 0 Å². The monoisotopic (exact) mass is 248 g/mol. The van der Waals surface area contributed by atoms with Crippen LogP contribution in [0.2, 0.25) is 0 Å². The third-order valence-corrected chi connectivity index (χ3v) is 3.54. The first-order valence-electron chi connectivity index (χ1n) is 6.38. The second-order valence-electron chi connectivity index (χ2n) is 4.73. The molecule has 0 atom stereocenters. The van der Waals surface area contributed by atoms with Crippen molar-refractivity contribution in [2.24, 2.45) is 5.73 Å². The second-order valence-corrected chi connectivity index (χ2v) is 4.73. The Hall–Kier alpha value is -1.55. The van der Waals surface area contributed by atoms with Gasteiger partial charge >= 0.3 is 0 Å². The van der Waals surface area contributed by atoms with Crippen LogP contribution in [-0.2, 0) is 11.3 Å². The molecule has 1 aliphatic carbocycles. The molecule has 98 valence electrons. The van der Waals surface area contributed by atoms with Crippen LogP contribution in [-0.4, -0.2) is 30.5 Å². The first-order valence-corrected chi connectivity index (χ1v) is 6.38. The summed E-state index contributed by atoms with van der Waals surface area (Å²) in [4.78, 5) is 13.7. The molecule has 18 heavy (non-hydrogen) atoms. The van der Waals surface area contributed by atoms with Gasteiger partial charge < -0.3 is 15.4 Å². The summed E-state index contributed by atoms with van der Waals surface area (Å²) in [6.07, 6.45) is 3.46. The summed E-state index contributed by atoms with van der Waals surface area (Å²) in [5.41, 5.74) is 6.57. The van der Waals surface area contributed by atoms with E-state index in [4.69, 9.17) is 10.5 Å². The number of benzene rings is 1. The highest BCUT2D eigenvalue weighted by atomic mass is 16.5. The standard InChI is InChI=1S/C14H20N2O2/c1-16(12-3-2-4-12)14(17)10-18-13-7-5-11(9-15)6-8-13/h5-8,12H,2-4,9-10,15H2,1H3. The van der Waals surface area contributed by atoms with E-state index < -0.39 is 0 Å². The number of carbonyl (C=O) groups is 1. The molecule has 0 heterocycles. The zero-order valence-corrected chi connectivity index (χ0v) is 10.8. The van der Waals surface area contributed by atoms with Gasteiger partial charge in [-0.2, -0.15) is 0 Å². The van der Waals surface area contributed by atoms with Gasteiger partial charge in [0.2, 0.25) is 0 Å². The summed E-state index contributed by atoms with van der Waals surface area (Å²) in [6.45, 7) is 0.624. The number of ether oxygens (including phenoxy) is 1. The van der Waals surface area contributed by atoms with Gasteiger partial charge in [-0.15, -0.1) is 0 Å². The molecule has 1 saturated carbocycles. The summed E-state index contributed by atoms with van der Waals surface area (Å²) in [5.74, 6) is 0.755. The van der Waals surface area contributed by atoms with Crippen LogP contribution in [0.1, 0.15) is 24.8 Å². The Morgan fingerprint density at radius 2 is 2.06 bits per heavy atom. The Balaban J connectivity index is 1.80. The quantitative estimate of drug-likeness (QED) is 0.860. The second kappa shape index (κ2) is 5.87. The van der Waals surface area contributed by atoms with E-state index in [2.05, 4.69) is 0 Å². The fourth-order valence-corrected chi connectivity index (χ4v) is 1.95. The molecule has 1 amide bonds. The van der Waals surface area contributed by atoms with Gasteiger partial charge in [-0.05, 0) is 37.0 Å². The van der Waals surface area contributed by atoms with Crippen LogP contribution < -0.4 is 10.5 Å². The third kappa shape index (κ3) is 3.01. The van der Waals surface area contributed by atoms with E-state index in [0.717, 1.165) is 18.4 Å². The Morgan fingerprint density at radius 3 is 2.56 bits per heavy atom. The van der Waals surface area contributed by atoms with Crippen LogP contribution >= 0.6 is 0 Å². The molecule has 1 aromatic rings. The summed E-state index contributed by atoms with van der Waals surface area (Å²) >= 11 is 0. The fraction of sp³-hybridized carbons (Fsp3) is 0.500. The molecule has 4 heteroatoms. The predicted octanol–water partition coefficient (Wildman–Crippen LogP) is 1.53. The average Bonchev–Trinajstić information content (AvgIpc) is 2.34. The van der Waals surface area contributed by atoms with Crippen LogP contribution in [0.25, 0.3) is 0 Å². The summed E-state index contributed by atoms with van der Waals surface area (Å²) < 4.78 is 5.48. The van der Waals surface area contributed by atoms with Crippen molar-refractivity contribution in [2.45, 2.75) is 31.8 Å². The number of hydrogen-bond donors (Lipinski definition) is 1. The van der Waals surface area contributed by atoms with Crippen LogP contribution in [0.3, 0.4) is 0 Å². The molecule has 0 radical (unpaired) electrons. The van der Waals surface area contributed by atoms with Gasteiger partial charge in [-0.3, -0.25) is 4.79 Å². The zero-order chi connectivity index (χ0) is 13.0. The highest BCUT2D eigenvalue weighted by Gasteiger charge is 2.25. The van der Waals surface area contributed by atoms with Crippen molar-refractivity contribution in [2.75, 3.05) is 13.7 Å². The minimum Gasteiger partial charge on any atom is -0.484 e. The molecular weight excluding hydrogens is 228 g/mol. The van der Waals surface area contributed by atoms with E-state index in [-0.39, 0.29) is 12.5 Å². The van der Waals surface area contributed by atoms with Gasteiger partial charge in [0.1, 0.15) is 5.75 Å². The molecular formula is C14H20N2O2. The third-order valence-electron chi connectivity index (χ3n) is 3.54. The number of nitrogens with two attached hydrogens (primary N) is 1. The SMILES string of the molecule is CN(C(=O)COc1ccc(CN)cc1)C1CCC1. The van der Waals surface area contributed by atoms with Crippen molar-refractivity contribution in [3.63, 3.8) is 0 Å². The molecule has 2 rings (SSSR count). The first kappa shape index (κ1) is 12.9. The lowest BCUT2D eigenvalue weighted by Gasteiger charge is -2.34. The van der Waals surface area contributed by atoms with E-state index >= 15 is 0 Å². The zero-order valence-electron chi connectivity index (χ0n) is 10.8. The lowest BCUT2D eigenvalue weighted by Crippen LogP contribution is -2.43. The number of hydrogen-bond acceptors (Lipinski definition) is 3. The van der Waals surface area contributed by atoms with E-state index in [1.54, 1.807) is 4.90 Å². The van der Waals surface area contributed by atoms with E-state index in [0.29, 0.717) is 18.3 Å². The Kier molecular flexibility index (Phi) is 4.20. The van der Waals surface area contributed by atoms with Gasteiger partial charge in [-0.25, -0.2) is 0 Å². The lowest BCUT2D eigenvalue weighted by atomic mass is 9.92. The predicted molar refractivity (Wildman–Crippen MR) is 70.2 cm³/mol. The van der Waals surface area contributed by atoms with Gasteiger partial charge in [-0.1, -0.05) is 12.1 Å². The van der Waals surface area contributed by atoms with Gasteiger partial charge in [0.25, 0.3) is 5.91 Å². The van der Waals surface area contributed by atoms with Crippen LogP contribution in [0, 0.1) is 0 Å². The molecule has 0 unspecified atom stereocenters. The van der Waals surface area contributed by atoms with E-state index in [9.17, 15) is 4.79 Å². The maximum Gasteiger partial charge on any atom is 0.260 e. The smallest absolute Gasteiger partial charge is 0.260 e. The van der Waals surface area contributed by atoms with Crippen molar-refractivity contribution >= 4 is 5.91 Å². The number of nitrogens with zero attached hydrogens (tertiary/aromatic N) is 1. The normalized spacial score (nSPS) is 15.0. The van der Waals surface area contributed by atoms with Gasteiger partial charge in [0.15, 0.2) is 6.61 Å². The number of likely N-dealkylation sites (N-methyl/N-ethyl adjacent to an activating group) is 1. The van der Waals surface area contributed by atoms with Crippen LogP contribution in [0.4, 0.5) is 0 Å². The number of rotatable bonds is 5. The number of carbonyl (C=O) groups excluding carboxylic acids is 1. The lowest BCUT2D eigenvalue weighted by molar-refractivity contribution is -0.135. The average molecular weight is 248 g/mol. The van der Waals surface area contributed by atoms with Crippen molar-refractivity contribution in [1.82, 2.24) is 4.90 Å². The molecule has 0 saturated heterocycles. The number of amides is 1. The fourth-order valence-electron chi connectivity index (χ4n) is 1.95.